The fourth-order valence-corrected chi connectivity index (χ4v) is 3.45. The van der Waals surface area contributed by atoms with Crippen LogP contribution >= 0.6 is 11.3 Å². The van der Waals surface area contributed by atoms with Crippen LogP contribution in [0.1, 0.15) is 35.9 Å². The Hall–Kier alpha value is -2.30. The van der Waals surface area contributed by atoms with Gasteiger partial charge in [-0.2, -0.15) is 5.26 Å². The summed E-state index contributed by atoms with van der Waals surface area (Å²) >= 11 is 1.43. The van der Waals surface area contributed by atoms with Crippen LogP contribution < -0.4 is 0 Å². The second kappa shape index (κ2) is 6.21. The van der Waals surface area contributed by atoms with Gasteiger partial charge < -0.3 is 9.15 Å². The monoisotopic (exact) mass is 359 g/mol. The minimum Gasteiger partial charge on any atom is -0.437 e. The van der Waals surface area contributed by atoms with Gasteiger partial charge >= 0.3 is 0 Å². The lowest BCUT2D eigenvalue weighted by molar-refractivity contribution is 0.132. The molecular weight excluding hydrogens is 341 g/mol. The topological polar surface area (TPSA) is 71.9 Å². The maximum absolute atomic E-state index is 15.2. The SMILES string of the molecule is COCC(C)(C)c1nc2c(C#N)c(C)c(-c3csc(C)n3)c(F)c2o1. The molecule has 0 spiro atoms. The summed E-state index contributed by atoms with van der Waals surface area (Å²) in [7, 11) is 1.58. The number of ether oxygens (including phenoxy) is 1. The van der Waals surface area contributed by atoms with Gasteiger partial charge in [0.25, 0.3) is 0 Å². The summed E-state index contributed by atoms with van der Waals surface area (Å²) in [5.41, 5.74) is 1.31. The lowest BCUT2D eigenvalue weighted by Crippen LogP contribution is -2.23. The average Bonchev–Trinajstić information content (AvgIpc) is 3.15. The molecule has 7 heteroatoms. The molecule has 0 unspecified atom stereocenters. The van der Waals surface area contributed by atoms with Gasteiger partial charge in [0, 0.05) is 18.1 Å². The molecule has 25 heavy (non-hydrogen) atoms. The predicted molar refractivity (Wildman–Crippen MR) is 94.2 cm³/mol. The van der Waals surface area contributed by atoms with Gasteiger partial charge in [-0.15, -0.1) is 11.3 Å². The standard InChI is InChI=1S/C18H18FN3O2S/c1-9-11(6-20)15-16(24-17(22-15)18(3,4)8-23-5)14(19)13(9)12-7-25-10(2)21-12/h7H,8H2,1-5H3. The maximum atomic E-state index is 15.2. The minimum atomic E-state index is -0.543. The van der Waals surface area contributed by atoms with Crippen LogP contribution in [0.15, 0.2) is 9.80 Å². The quantitative estimate of drug-likeness (QED) is 0.686. The van der Waals surface area contributed by atoms with Gasteiger partial charge in [-0.25, -0.2) is 14.4 Å². The van der Waals surface area contributed by atoms with Crippen LogP contribution in [0.4, 0.5) is 4.39 Å². The number of thiazole rings is 1. The van der Waals surface area contributed by atoms with Gasteiger partial charge in [-0.05, 0) is 33.3 Å². The fraction of sp³-hybridized carbons (Fsp3) is 0.389. The molecule has 0 aliphatic rings. The van der Waals surface area contributed by atoms with E-state index in [2.05, 4.69) is 16.0 Å². The number of aryl methyl sites for hydroxylation is 1. The molecule has 3 rings (SSSR count). The molecule has 0 bridgehead atoms. The second-order valence-electron chi connectivity index (χ2n) is 6.57. The summed E-state index contributed by atoms with van der Waals surface area (Å²) in [6, 6.07) is 2.13. The van der Waals surface area contributed by atoms with Gasteiger partial charge in [-0.3, -0.25) is 0 Å². The molecule has 130 valence electrons. The van der Waals surface area contributed by atoms with Crippen molar-refractivity contribution in [1.29, 1.82) is 5.26 Å². The summed E-state index contributed by atoms with van der Waals surface area (Å²) in [5, 5.41) is 12.2. The Kier molecular flexibility index (Phi) is 4.35. The van der Waals surface area contributed by atoms with Crippen molar-refractivity contribution in [3.8, 4) is 17.3 Å². The van der Waals surface area contributed by atoms with E-state index in [4.69, 9.17) is 9.15 Å². The summed E-state index contributed by atoms with van der Waals surface area (Å²) in [5.74, 6) is -0.200. The van der Waals surface area contributed by atoms with E-state index in [-0.39, 0.29) is 11.1 Å². The van der Waals surface area contributed by atoms with Crippen molar-refractivity contribution in [2.75, 3.05) is 13.7 Å². The number of oxazole rings is 1. The van der Waals surface area contributed by atoms with Gasteiger partial charge in [0.1, 0.15) is 11.6 Å². The molecular formula is C18H18FN3O2S. The third-order valence-electron chi connectivity index (χ3n) is 4.10. The molecule has 0 radical (unpaired) electrons. The van der Waals surface area contributed by atoms with Crippen molar-refractivity contribution in [1.82, 2.24) is 9.97 Å². The molecule has 0 fully saturated rings. The number of rotatable bonds is 4. The normalized spacial score (nSPS) is 11.9. The summed E-state index contributed by atoms with van der Waals surface area (Å²) in [6.07, 6.45) is 0. The summed E-state index contributed by atoms with van der Waals surface area (Å²) in [4.78, 5) is 8.77. The van der Waals surface area contributed by atoms with Crippen LogP contribution in [0.25, 0.3) is 22.4 Å². The number of fused-ring (bicyclic) bond motifs is 1. The number of hydrogen-bond acceptors (Lipinski definition) is 6. The number of benzene rings is 1. The Morgan fingerprint density at radius 2 is 2.08 bits per heavy atom. The Bertz CT molecular complexity index is 998. The fourth-order valence-electron chi connectivity index (χ4n) is 2.85. The van der Waals surface area contributed by atoms with E-state index < -0.39 is 11.2 Å². The number of nitriles is 1. The van der Waals surface area contributed by atoms with Crippen molar-refractivity contribution in [2.45, 2.75) is 33.1 Å². The van der Waals surface area contributed by atoms with Gasteiger partial charge in [0.15, 0.2) is 11.4 Å². The van der Waals surface area contributed by atoms with E-state index in [9.17, 15) is 5.26 Å². The van der Waals surface area contributed by atoms with E-state index in [1.165, 1.54) is 11.3 Å². The van der Waals surface area contributed by atoms with Crippen molar-refractivity contribution >= 4 is 22.4 Å². The van der Waals surface area contributed by atoms with Crippen LogP contribution in [0.2, 0.25) is 0 Å². The van der Waals surface area contributed by atoms with Crippen molar-refractivity contribution in [3.63, 3.8) is 0 Å². The maximum Gasteiger partial charge on any atom is 0.203 e. The lowest BCUT2D eigenvalue weighted by atomic mass is 9.95. The van der Waals surface area contributed by atoms with Crippen molar-refractivity contribution in [2.24, 2.45) is 0 Å². The molecule has 0 amide bonds. The smallest absolute Gasteiger partial charge is 0.203 e. The zero-order chi connectivity index (χ0) is 18.4. The summed E-state index contributed by atoms with van der Waals surface area (Å²) < 4.78 is 26.2. The average molecular weight is 359 g/mol. The molecule has 2 aromatic heterocycles. The second-order valence-corrected chi connectivity index (χ2v) is 7.63. The predicted octanol–water partition coefficient (Wildman–Crippen LogP) is 4.50. The van der Waals surface area contributed by atoms with Gasteiger partial charge in [0.05, 0.1) is 28.3 Å². The molecule has 0 saturated heterocycles. The summed E-state index contributed by atoms with van der Waals surface area (Å²) in [6.45, 7) is 7.70. The van der Waals surface area contributed by atoms with Crippen LogP contribution in [-0.2, 0) is 10.2 Å². The lowest BCUT2D eigenvalue weighted by Gasteiger charge is -2.18. The molecule has 0 aliphatic carbocycles. The van der Waals surface area contributed by atoms with Crippen molar-refractivity contribution < 1.29 is 13.5 Å². The van der Waals surface area contributed by atoms with Crippen LogP contribution in [0.5, 0.6) is 0 Å². The third-order valence-corrected chi connectivity index (χ3v) is 4.88. The highest BCUT2D eigenvalue weighted by Crippen LogP contribution is 2.37. The Morgan fingerprint density at radius 3 is 2.64 bits per heavy atom. The number of methoxy groups -OCH3 is 1. The Morgan fingerprint density at radius 1 is 1.36 bits per heavy atom. The van der Waals surface area contributed by atoms with Gasteiger partial charge in [0.2, 0.25) is 5.89 Å². The largest absolute Gasteiger partial charge is 0.437 e. The van der Waals surface area contributed by atoms with E-state index in [1.54, 1.807) is 19.4 Å². The van der Waals surface area contributed by atoms with E-state index in [1.807, 2.05) is 20.8 Å². The highest BCUT2D eigenvalue weighted by molar-refractivity contribution is 7.09. The van der Waals surface area contributed by atoms with Crippen LogP contribution in [0.3, 0.4) is 0 Å². The number of hydrogen-bond donors (Lipinski definition) is 0. The molecule has 5 nitrogen and oxygen atoms in total. The Balaban J connectivity index is 2.33. The molecule has 0 N–H and O–H groups in total. The van der Waals surface area contributed by atoms with E-state index in [0.717, 1.165) is 5.01 Å². The van der Waals surface area contributed by atoms with E-state index in [0.29, 0.717) is 34.9 Å². The highest BCUT2D eigenvalue weighted by atomic mass is 32.1. The molecule has 2 heterocycles. The Labute approximate surface area is 149 Å². The zero-order valence-corrected chi connectivity index (χ0v) is 15.5. The first-order chi connectivity index (χ1) is 11.8. The molecule has 3 aromatic rings. The molecule has 0 aliphatic heterocycles. The van der Waals surface area contributed by atoms with Crippen LogP contribution in [0, 0.1) is 31.0 Å². The van der Waals surface area contributed by atoms with Gasteiger partial charge in [-0.1, -0.05) is 0 Å². The van der Waals surface area contributed by atoms with Crippen LogP contribution in [-0.4, -0.2) is 23.7 Å². The number of aromatic nitrogens is 2. The third kappa shape index (κ3) is 2.81. The number of nitrogens with zero attached hydrogens (tertiary/aromatic N) is 3. The minimum absolute atomic E-state index is 0.0121. The first-order valence-electron chi connectivity index (χ1n) is 7.74. The number of halogens is 1. The molecule has 0 atom stereocenters. The highest BCUT2D eigenvalue weighted by Gasteiger charge is 2.31. The molecule has 1 aromatic carbocycles. The van der Waals surface area contributed by atoms with Crippen molar-refractivity contribution in [3.05, 3.63) is 33.2 Å². The molecule has 0 saturated carbocycles. The first kappa shape index (κ1) is 17.5. The van der Waals surface area contributed by atoms with E-state index >= 15 is 4.39 Å². The zero-order valence-electron chi connectivity index (χ0n) is 14.7. The first-order valence-corrected chi connectivity index (χ1v) is 8.62.